The van der Waals surface area contributed by atoms with Gasteiger partial charge < -0.3 is 15.0 Å². The van der Waals surface area contributed by atoms with E-state index in [1.807, 2.05) is 11.5 Å². The Hall–Kier alpha value is -0.870. The summed E-state index contributed by atoms with van der Waals surface area (Å²) in [6.45, 7) is 3.45. The standard InChI is InChI=1S/C8H15N3O/c1-7(9)8-5-10-6-11(8)3-4-12-2/h5-7H,3-4,9H2,1-2H3/t7-/m0/s1. The zero-order valence-corrected chi connectivity index (χ0v) is 7.53. The first-order valence-corrected chi connectivity index (χ1v) is 4.00. The Bertz CT molecular complexity index is 232. The number of methoxy groups -OCH3 is 1. The summed E-state index contributed by atoms with van der Waals surface area (Å²) in [7, 11) is 1.68. The van der Waals surface area contributed by atoms with Crippen molar-refractivity contribution >= 4 is 0 Å². The molecule has 0 unspecified atom stereocenters. The molecule has 1 aromatic rings. The van der Waals surface area contributed by atoms with E-state index in [1.54, 1.807) is 19.6 Å². The SMILES string of the molecule is COCCn1cncc1[C@H](C)N. The van der Waals surface area contributed by atoms with Crippen LogP contribution in [0.15, 0.2) is 12.5 Å². The highest BCUT2D eigenvalue weighted by Crippen LogP contribution is 2.07. The smallest absolute Gasteiger partial charge is 0.0949 e. The summed E-state index contributed by atoms with van der Waals surface area (Å²) in [6.07, 6.45) is 3.57. The van der Waals surface area contributed by atoms with Gasteiger partial charge in [0, 0.05) is 25.9 Å². The molecule has 12 heavy (non-hydrogen) atoms. The van der Waals surface area contributed by atoms with Gasteiger partial charge in [-0.3, -0.25) is 0 Å². The minimum Gasteiger partial charge on any atom is -0.383 e. The van der Waals surface area contributed by atoms with Crippen LogP contribution in [-0.4, -0.2) is 23.3 Å². The van der Waals surface area contributed by atoms with E-state index in [1.165, 1.54) is 0 Å². The molecule has 0 radical (unpaired) electrons. The van der Waals surface area contributed by atoms with Gasteiger partial charge in [-0.15, -0.1) is 0 Å². The van der Waals surface area contributed by atoms with Gasteiger partial charge in [0.25, 0.3) is 0 Å². The summed E-state index contributed by atoms with van der Waals surface area (Å²) in [5.74, 6) is 0. The third-order valence-corrected chi connectivity index (χ3v) is 1.75. The normalized spacial score (nSPS) is 13.2. The average Bonchev–Trinajstić information content (AvgIpc) is 2.48. The van der Waals surface area contributed by atoms with Gasteiger partial charge in [0.15, 0.2) is 0 Å². The largest absolute Gasteiger partial charge is 0.383 e. The lowest BCUT2D eigenvalue weighted by molar-refractivity contribution is 0.186. The maximum atomic E-state index is 5.73. The van der Waals surface area contributed by atoms with Crippen LogP contribution in [0.3, 0.4) is 0 Å². The molecular weight excluding hydrogens is 154 g/mol. The van der Waals surface area contributed by atoms with E-state index in [0.29, 0.717) is 6.61 Å². The molecule has 1 aromatic heterocycles. The van der Waals surface area contributed by atoms with E-state index >= 15 is 0 Å². The van der Waals surface area contributed by atoms with Gasteiger partial charge in [-0.25, -0.2) is 4.98 Å². The molecule has 4 nitrogen and oxygen atoms in total. The van der Waals surface area contributed by atoms with Crippen LogP contribution in [0.25, 0.3) is 0 Å². The van der Waals surface area contributed by atoms with Crippen LogP contribution < -0.4 is 5.73 Å². The highest BCUT2D eigenvalue weighted by Gasteiger charge is 2.05. The summed E-state index contributed by atoms with van der Waals surface area (Å²) in [4.78, 5) is 4.02. The van der Waals surface area contributed by atoms with Crippen molar-refractivity contribution in [3.8, 4) is 0 Å². The molecule has 0 aliphatic carbocycles. The molecule has 0 fully saturated rings. The van der Waals surface area contributed by atoms with Gasteiger partial charge in [-0.1, -0.05) is 0 Å². The lowest BCUT2D eigenvalue weighted by Gasteiger charge is -2.09. The molecule has 0 aliphatic heterocycles. The van der Waals surface area contributed by atoms with Crippen LogP contribution in [0.5, 0.6) is 0 Å². The second-order valence-electron chi connectivity index (χ2n) is 2.79. The van der Waals surface area contributed by atoms with E-state index < -0.39 is 0 Å². The topological polar surface area (TPSA) is 53.1 Å². The second kappa shape index (κ2) is 4.23. The summed E-state index contributed by atoms with van der Waals surface area (Å²) in [6, 6.07) is 0.0318. The van der Waals surface area contributed by atoms with Crippen molar-refractivity contribution in [2.45, 2.75) is 19.5 Å². The number of aromatic nitrogens is 2. The quantitative estimate of drug-likeness (QED) is 0.716. The molecule has 0 saturated carbocycles. The maximum absolute atomic E-state index is 5.73. The van der Waals surface area contributed by atoms with E-state index in [4.69, 9.17) is 10.5 Å². The Balaban J connectivity index is 2.64. The molecule has 1 atom stereocenters. The van der Waals surface area contributed by atoms with Crippen molar-refractivity contribution < 1.29 is 4.74 Å². The number of nitrogens with zero attached hydrogens (tertiary/aromatic N) is 2. The molecule has 68 valence electrons. The minimum atomic E-state index is 0.0318. The van der Waals surface area contributed by atoms with Crippen LogP contribution in [-0.2, 0) is 11.3 Å². The molecule has 0 aliphatic rings. The van der Waals surface area contributed by atoms with Gasteiger partial charge in [0.05, 0.1) is 18.6 Å². The predicted molar refractivity (Wildman–Crippen MR) is 46.7 cm³/mol. The monoisotopic (exact) mass is 169 g/mol. The average molecular weight is 169 g/mol. The van der Waals surface area contributed by atoms with E-state index in [9.17, 15) is 0 Å². The number of rotatable bonds is 4. The van der Waals surface area contributed by atoms with E-state index in [-0.39, 0.29) is 6.04 Å². The second-order valence-corrected chi connectivity index (χ2v) is 2.79. The van der Waals surface area contributed by atoms with Crippen molar-refractivity contribution in [1.82, 2.24) is 9.55 Å². The first kappa shape index (κ1) is 9.22. The van der Waals surface area contributed by atoms with Gasteiger partial charge >= 0.3 is 0 Å². The fourth-order valence-corrected chi connectivity index (χ4v) is 1.09. The Morgan fingerprint density at radius 3 is 3.08 bits per heavy atom. The number of imidazole rings is 1. The van der Waals surface area contributed by atoms with Crippen LogP contribution in [0.4, 0.5) is 0 Å². The first-order valence-electron chi connectivity index (χ1n) is 4.00. The van der Waals surface area contributed by atoms with Crippen molar-refractivity contribution in [3.05, 3.63) is 18.2 Å². The van der Waals surface area contributed by atoms with Crippen molar-refractivity contribution in [2.24, 2.45) is 5.73 Å². The summed E-state index contributed by atoms with van der Waals surface area (Å²) >= 11 is 0. The van der Waals surface area contributed by atoms with Gasteiger partial charge in [-0.2, -0.15) is 0 Å². The van der Waals surface area contributed by atoms with Crippen LogP contribution in [0.1, 0.15) is 18.7 Å². The molecule has 1 heterocycles. The van der Waals surface area contributed by atoms with Gasteiger partial charge in [-0.05, 0) is 6.92 Å². The van der Waals surface area contributed by atoms with Crippen LogP contribution in [0.2, 0.25) is 0 Å². The fourth-order valence-electron chi connectivity index (χ4n) is 1.09. The van der Waals surface area contributed by atoms with Gasteiger partial charge in [0.2, 0.25) is 0 Å². The van der Waals surface area contributed by atoms with E-state index in [0.717, 1.165) is 12.2 Å². The maximum Gasteiger partial charge on any atom is 0.0949 e. The van der Waals surface area contributed by atoms with Crippen LogP contribution in [0, 0.1) is 0 Å². The molecule has 0 amide bonds. The summed E-state index contributed by atoms with van der Waals surface area (Å²) in [5.41, 5.74) is 6.78. The zero-order valence-electron chi connectivity index (χ0n) is 7.53. The van der Waals surface area contributed by atoms with Crippen LogP contribution >= 0.6 is 0 Å². The first-order chi connectivity index (χ1) is 5.75. The molecule has 0 bridgehead atoms. The molecule has 1 rings (SSSR count). The van der Waals surface area contributed by atoms with Crippen molar-refractivity contribution in [1.29, 1.82) is 0 Å². The molecular formula is C8H15N3O. The predicted octanol–water partition coefficient (Wildman–Crippen LogP) is 0.549. The van der Waals surface area contributed by atoms with E-state index in [2.05, 4.69) is 4.98 Å². The van der Waals surface area contributed by atoms with Crippen molar-refractivity contribution in [3.63, 3.8) is 0 Å². The summed E-state index contributed by atoms with van der Waals surface area (Å²) in [5, 5.41) is 0. The molecule has 0 spiro atoms. The Labute approximate surface area is 72.3 Å². The number of hydrogen-bond donors (Lipinski definition) is 1. The van der Waals surface area contributed by atoms with Crippen molar-refractivity contribution in [2.75, 3.05) is 13.7 Å². The zero-order chi connectivity index (χ0) is 8.97. The van der Waals surface area contributed by atoms with Gasteiger partial charge in [0.1, 0.15) is 0 Å². The molecule has 0 aromatic carbocycles. The Kier molecular flexibility index (Phi) is 3.25. The Morgan fingerprint density at radius 2 is 2.50 bits per heavy atom. The molecule has 0 saturated heterocycles. The summed E-state index contributed by atoms with van der Waals surface area (Å²) < 4.78 is 6.97. The number of nitrogens with two attached hydrogens (primary N) is 1. The highest BCUT2D eigenvalue weighted by atomic mass is 16.5. The Morgan fingerprint density at radius 1 is 1.75 bits per heavy atom. The number of ether oxygens (including phenoxy) is 1. The lowest BCUT2D eigenvalue weighted by atomic mass is 10.3. The third-order valence-electron chi connectivity index (χ3n) is 1.75. The highest BCUT2D eigenvalue weighted by molar-refractivity contribution is 5.02. The number of hydrogen-bond acceptors (Lipinski definition) is 3. The fraction of sp³-hybridized carbons (Fsp3) is 0.625. The lowest BCUT2D eigenvalue weighted by Crippen LogP contribution is -2.13. The minimum absolute atomic E-state index is 0.0318. The molecule has 2 N–H and O–H groups in total. The third kappa shape index (κ3) is 2.06. The molecule has 4 heteroatoms.